The number of hydrogen-bond acceptors (Lipinski definition) is 3. The molecule has 1 aromatic rings. The first-order valence-electron chi connectivity index (χ1n) is 3.21. The van der Waals surface area contributed by atoms with E-state index < -0.39 is 11.4 Å². The van der Waals surface area contributed by atoms with Gasteiger partial charge in [0.05, 0.1) is 11.3 Å². The minimum atomic E-state index is -0.791. The molecule has 4 nitrogen and oxygen atoms in total. The molecule has 0 aromatic carbocycles. The summed E-state index contributed by atoms with van der Waals surface area (Å²) in [7, 11) is 0. The van der Waals surface area contributed by atoms with Gasteiger partial charge in [-0.05, 0) is 6.08 Å². The normalized spacial score (nSPS) is 9.33. The highest BCUT2D eigenvalue weighted by Crippen LogP contribution is 1.99. The van der Waals surface area contributed by atoms with E-state index in [1.165, 1.54) is 12.2 Å². The maximum Gasteiger partial charge on any atom is 0.419 e. The Balaban J connectivity index is 3.66. The van der Waals surface area contributed by atoms with Gasteiger partial charge in [-0.15, -0.1) is 0 Å². The summed E-state index contributed by atoms with van der Waals surface area (Å²) < 4.78 is 4.26. The van der Waals surface area contributed by atoms with Gasteiger partial charge >= 0.3 is 11.4 Å². The Labute approximate surface area is 67.9 Å². The first-order chi connectivity index (χ1) is 5.69. The quantitative estimate of drug-likeness (QED) is 0.698. The van der Waals surface area contributed by atoms with Crippen molar-refractivity contribution in [3.8, 4) is 0 Å². The molecule has 4 heteroatoms. The molecule has 0 aliphatic carbocycles. The fraction of sp³-hybridized carbons (Fsp3) is 0. The molecule has 0 radical (unpaired) electrons. The largest absolute Gasteiger partial charge is 0.419 e. The minimum Gasteiger partial charge on any atom is -0.372 e. The van der Waals surface area contributed by atoms with Gasteiger partial charge in [0.25, 0.3) is 0 Å². The van der Waals surface area contributed by atoms with E-state index in [4.69, 9.17) is 0 Å². The van der Waals surface area contributed by atoms with Crippen molar-refractivity contribution >= 4 is 12.2 Å². The van der Waals surface area contributed by atoms with Crippen molar-refractivity contribution < 1.29 is 4.42 Å². The number of nitrogens with one attached hydrogen (secondary N) is 1. The monoisotopic (exact) mass is 165 g/mol. The van der Waals surface area contributed by atoms with Crippen molar-refractivity contribution in [1.29, 1.82) is 0 Å². The fourth-order valence-corrected chi connectivity index (χ4v) is 0.806. The fourth-order valence-electron chi connectivity index (χ4n) is 0.806. The summed E-state index contributed by atoms with van der Waals surface area (Å²) in [6, 6.07) is 0. The lowest BCUT2D eigenvalue weighted by Crippen LogP contribution is -2.18. The Hall–Kier alpha value is -1.84. The van der Waals surface area contributed by atoms with Gasteiger partial charge in [-0.2, -0.15) is 0 Å². The lowest BCUT2D eigenvalue weighted by molar-refractivity contribution is 0.447. The molecule has 0 saturated heterocycles. The van der Waals surface area contributed by atoms with Crippen LogP contribution in [0.4, 0.5) is 0 Å². The van der Waals surface area contributed by atoms with Gasteiger partial charge < -0.3 is 4.42 Å². The summed E-state index contributed by atoms with van der Waals surface area (Å²) in [6.45, 7) is 6.82. The van der Waals surface area contributed by atoms with E-state index in [-0.39, 0.29) is 5.56 Å². The van der Waals surface area contributed by atoms with E-state index in [1.54, 1.807) is 0 Å². The highest BCUT2D eigenvalue weighted by Gasteiger charge is 2.03. The number of aromatic nitrogens is 1. The summed E-state index contributed by atoms with van der Waals surface area (Å²) in [5.74, 6) is -0.791. The molecule has 0 unspecified atom stereocenters. The Bertz CT molecular complexity index is 425. The third-order valence-electron chi connectivity index (χ3n) is 1.34. The van der Waals surface area contributed by atoms with Gasteiger partial charge in [0, 0.05) is 0 Å². The average Bonchev–Trinajstić information content (AvgIpc) is 2.03. The van der Waals surface area contributed by atoms with E-state index in [0.717, 1.165) is 0 Å². The first kappa shape index (κ1) is 8.26. The molecule has 1 N–H and O–H groups in total. The van der Waals surface area contributed by atoms with Crippen LogP contribution in [-0.2, 0) is 0 Å². The molecule has 1 rings (SSSR count). The Morgan fingerprint density at radius 3 is 2.42 bits per heavy atom. The summed E-state index contributed by atoms with van der Waals surface area (Å²) >= 11 is 0. The van der Waals surface area contributed by atoms with Crippen molar-refractivity contribution in [1.82, 2.24) is 4.98 Å². The Morgan fingerprint density at radius 2 is 1.92 bits per heavy atom. The van der Waals surface area contributed by atoms with Gasteiger partial charge in [-0.3, -0.25) is 4.98 Å². The maximum atomic E-state index is 10.9. The first-order valence-corrected chi connectivity index (χ1v) is 3.21. The molecule has 0 atom stereocenters. The predicted molar refractivity (Wildman–Crippen MR) is 45.8 cm³/mol. The number of hydrogen-bond donors (Lipinski definition) is 1. The Morgan fingerprint density at radius 1 is 1.25 bits per heavy atom. The topological polar surface area (TPSA) is 63.1 Å². The van der Waals surface area contributed by atoms with Crippen LogP contribution in [0.2, 0.25) is 0 Å². The highest BCUT2D eigenvalue weighted by molar-refractivity contribution is 5.58. The zero-order chi connectivity index (χ0) is 9.14. The Kier molecular flexibility index (Phi) is 2.09. The van der Waals surface area contributed by atoms with Crippen LogP contribution < -0.4 is 11.4 Å². The van der Waals surface area contributed by atoms with E-state index in [0.29, 0.717) is 5.69 Å². The molecule has 0 spiro atoms. The third-order valence-corrected chi connectivity index (χ3v) is 1.34. The zero-order valence-electron chi connectivity index (χ0n) is 6.29. The van der Waals surface area contributed by atoms with Crippen LogP contribution in [0.15, 0.2) is 27.2 Å². The van der Waals surface area contributed by atoms with Crippen molar-refractivity contribution in [2.45, 2.75) is 0 Å². The van der Waals surface area contributed by atoms with Crippen LogP contribution in [0.3, 0.4) is 0 Å². The SMILES string of the molecule is C=Cc1[nH]c(=O)oc(=O)c1C=C. The van der Waals surface area contributed by atoms with Gasteiger partial charge in [-0.25, -0.2) is 9.59 Å². The van der Waals surface area contributed by atoms with Crippen LogP contribution in [0.5, 0.6) is 0 Å². The van der Waals surface area contributed by atoms with Crippen molar-refractivity contribution in [2.24, 2.45) is 0 Å². The van der Waals surface area contributed by atoms with Gasteiger partial charge in [0.2, 0.25) is 0 Å². The second kappa shape index (κ2) is 3.04. The molecule has 1 heterocycles. The second-order valence-electron chi connectivity index (χ2n) is 2.04. The second-order valence-corrected chi connectivity index (χ2v) is 2.04. The van der Waals surface area contributed by atoms with Gasteiger partial charge in [0.15, 0.2) is 0 Å². The van der Waals surface area contributed by atoms with Crippen LogP contribution in [-0.4, -0.2) is 4.98 Å². The van der Waals surface area contributed by atoms with Crippen LogP contribution >= 0.6 is 0 Å². The van der Waals surface area contributed by atoms with Crippen molar-refractivity contribution in [3.63, 3.8) is 0 Å². The van der Waals surface area contributed by atoms with E-state index in [1.807, 2.05) is 0 Å². The molecule has 0 fully saturated rings. The minimum absolute atomic E-state index is 0.213. The molecular formula is C8H7NO3. The van der Waals surface area contributed by atoms with Crippen LogP contribution in [0.25, 0.3) is 12.2 Å². The third kappa shape index (κ3) is 1.27. The molecule has 0 aliphatic rings. The smallest absolute Gasteiger partial charge is 0.372 e. The van der Waals surface area contributed by atoms with Crippen molar-refractivity contribution in [3.05, 3.63) is 45.4 Å². The maximum absolute atomic E-state index is 10.9. The van der Waals surface area contributed by atoms with Crippen molar-refractivity contribution in [2.75, 3.05) is 0 Å². The zero-order valence-corrected chi connectivity index (χ0v) is 6.29. The van der Waals surface area contributed by atoms with Crippen LogP contribution in [0, 0.1) is 0 Å². The van der Waals surface area contributed by atoms with E-state index in [9.17, 15) is 9.59 Å². The molecule has 0 bridgehead atoms. The average molecular weight is 165 g/mol. The lowest BCUT2D eigenvalue weighted by Gasteiger charge is -1.94. The van der Waals surface area contributed by atoms with Gasteiger partial charge in [0.1, 0.15) is 0 Å². The molecule has 62 valence electrons. The molecule has 0 saturated carbocycles. The van der Waals surface area contributed by atoms with E-state index in [2.05, 4.69) is 22.6 Å². The lowest BCUT2D eigenvalue weighted by atomic mass is 10.2. The molecule has 1 aromatic heterocycles. The molecule has 12 heavy (non-hydrogen) atoms. The van der Waals surface area contributed by atoms with Crippen LogP contribution in [0.1, 0.15) is 11.3 Å². The number of aromatic amines is 1. The summed E-state index contributed by atoms with van der Waals surface area (Å²) in [5.41, 5.74) is -0.167. The summed E-state index contributed by atoms with van der Waals surface area (Å²) in [5, 5.41) is 0. The number of rotatable bonds is 2. The standard InChI is InChI=1S/C8H7NO3/c1-3-5-6(4-2)9-8(11)12-7(5)10/h3-4H,1-2H2,(H,9,11). The number of H-pyrrole nitrogens is 1. The van der Waals surface area contributed by atoms with Gasteiger partial charge in [-0.1, -0.05) is 19.2 Å². The van der Waals surface area contributed by atoms with E-state index >= 15 is 0 Å². The molecular weight excluding hydrogens is 158 g/mol. The molecule has 0 amide bonds. The molecule has 0 aliphatic heterocycles. The predicted octanol–water partition coefficient (Wildman–Crippen LogP) is 0.614. The summed E-state index contributed by atoms with van der Waals surface area (Å²) in [4.78, 5) is 23.9. The summed E-state index contributed by atoms with van der Waals surface area (Å²) in [6.07, 6.45) is 2.66. The highest BCUT2D eigenvalue weighted by atomic mass is 16.4.